The van der Waals surface area contributed by atoms with E-state index < -0.39 is 34.9 Å². The van der Waals surface area contributed by atoms with Crippen LogP contribution in [-0.4, -0.2) is 34.0 Å². The maximum atomic E-state index is 13.4. The molecule has 5 aromatic rings. The molecule has 0 aromatic heterocycles. The van der Waals surface area contributed by atoms with Crippen molar-refractivity contribution in [3.8, 4) is 0 Å². The average molecular weight is 651 g/mol. The summed E-state index contributed by atoms with van der Waals surface area (Å²) < 4.78 is 0. The highest BCUT2D eigenvalue weighted by molar-refractivity contribution is 6.41. The number of carboxylic acids is 2. The van der Waals surface area contributed by atoms with Gasteiger partial charge < -0.3 is 21.7 Å². The van der Waals surface area contributed by atoms with Gasteiger partial charge in [0.2, 0.25) is 11.8 Å². The number of amides is 2. The van der Waals surface area contributed by atoms with Gasteiger partial charge in [-0.05, 0) is 63.7 Å². The van der Waals surface area contributed by atoms with Crippen molar-refractivity contribution in [3.05, 3.63) is 69.8 Å². The van der Waals surface area contributed by atoms with Gasteiger partial charge in [-0.15, -0.1) is 0 Å². The van der Waals surface area contributed by atoms with Crippen molar-refractivity contribution in [2.24, 2.45) is 11.5 Å². The molecule has 0 aliphatic rings. The number of nitrogens with two attached hydrogens (primary N) is 2. The van der Waals surface area contributed by atoms with Gasteiger partial charge in [-0.25, -0.2) is 9.59 Å². The smallest absolute Gasteiger partial charge is 0.337 e. The summed E-state index contributed by atoms with van der Waals surface area (Å²) in [6, 6.07) is 11.5. The third-order valence-electron chi connectivity index (χ3n) is 9.89. The summed E-state index contributed by atoms with van der Waals surface area (Å²) in [4.78, 5) is 53.1. The number of carboxylic acid groups (broad SMARTS) is 2. The van der Waals surface area contributed by atoms with Gasteiger partial charge >= 0.3 is 11.9 Å². The van der Waals surface area contributed by atoms with Crippen LogP contribution in [0, 0.1) is 0 Å². The molecule has 0 saturated carbocycles. The van der Waals surface area contributed by atoms with Crippen LogP contribution < -0.4 is 11.5 Å². The number of carbonyl (C=O) groups excluding carboxylic acids is 2. The van der Waals surface area contributed by atoms with Crippen LogP contribution in [0.5, 0.6) is 0 Å². The zero-order valence-corrected chi connectivity index (χ0v) is 28.0. The highest BCUT2D eigenvalue weighted by atomic mass is 16.4. The Morgan fingerprint density at radius 3 is 1.48 bits per heavy atom. The first-order valence-electron chi connectivity index (χ1n) is 17.5. The van der Waals surface area contributed by atoms with Gasteiger partial charge in [0.1, 0.15) is 0 Å². The van der Waals surface area contributed by atoms with Crippen LogP contribution in [0.25, 0.3) is 43.1 Å². The van der Waals surface area contributed by atoms with E-state index in [0.29, 0.717) is 29.2 Å². The van der Waals surface area contributed by atoms with Crippen molar-refractivity contribution in [2.45, 2.75) is 104 Å². The quantitative estimate of drug-likeness (QED) is 0.0420. The Morgan fingerprint density at radius 2 is 0.979 bits per heavy atom. The normalized spacial score (nSPS) is 11.7. The SMILES string of the molecule is CCCCCCCCc1c(C(=O)O)c2c(C(=O)O)c(C(N)=O)c(C(N)=O)c3c4cccc5cccc(c(c1CCCCCCCC)c23)c54. The Labute approximate surface area is 280 Å². The van der Waals surface area contributed by atoms with Crippen molar-refractivity contribution in [2.75, 3.05) is 0 Å². The van der Waals surface area contributed by atoms with Crippen molar-refractivity contribution in [3.63, 3.8) is 0 Å². The number of hydrogen-bond acceptors (Lipinski definition) is 4. The van der Waals surface area contributed by atoms with E-state index in [4.69, 9.17) is 11.5 Å². The average Bonchev–Trinajstić information content (AvgIpc) is 3.05. The standard InChI is InChI=1S/C40H46N2O6/c1-3-5-7-9-11-13-19-24-25(20-14-12-10-8-6-4-2)31(39(45)46)33-32-29(24)26-21-15-17-23-18-16-22-27(28(23)26)30(32)34(37(41)43)35(38(42)44)36(33)40(47)48/h15-18,21-22H,3-14,19-20H2,1-2H3,(H2,41,43)(H2,42,44)(H,45,46)(H,47,48). The fraction of sp³-hybridized carbons (Fsp3) is 0.400. The topological polar surface area (TPSA) is 161 Å². The number of primary amides is 2. The first-order chi connectivity index (χ1) is 23.1. The van der Waals surface area contributed by atoms with E-state index in [0.717, 1.165) is 104 Å². The Hall–Kier alpha value is -4.72. The molecule has 0 bridgehead atoms. The summed E-state index contributed by atoms with van der Waals surface area (Å²) in [6.07, 6.45) is 13.3. The molecular formula is C40H46N2O6. The summed E-state index contributed by atoms with van der Waals surface area (Å²) in [6.45, 7) is 4.33. The van der Waals surface area contributed by atoms with Crippen LogP contribution in [0.4, 0.5) is 0 Å². The Balaban J connectivity index is 1.99. The number of carbonyl (C=O) groups is 4. The minimum Gasteiger partial charge on any atom is -0.478 e. The molecular weight excluding hydrogens is 604 g/mol. The predicted molar refractivity (Wildman–Crippen MR) is 193 cm³/mol. The summed E-state index contributed by atoms with van der Waals surface area (Å²) >= 11 is 0. The molecule has 6 N–H and O–H groups in total. The maximum Gasteiger partial charge on any atom is 0.337 e. The monoisotopic (exact) mass is 650 g/mol. The van der Waals surface area contributed by atoms with Gasteiger partial charge in [0.05, 0.1) is 22.3 Å². The number of unbranched alkanes of at least 4 members (excludes halogenated alkanes) is 10. The van der Waals surface area contributed by atoms with Crippen molar-refractivity contribution >= 4 is 66.8 Å². The largest absolute Gasteiger partial charge is 0.478 e. The lowest BCUT2D eigenvalue weighted by atomic mass is 9.76. The molecule has 2 amide bonds. The van der Waals surface area contributed by atoms with Gasteiger partial charge in [-0.3, -0.25) is 9.59 Å². The molecule has 5 rings (SSSR count). The van der Waals surface area contributed by atoms with E-state index in [-0.39, 0.29) is 21.9 Å². The number of rotatable bonds is 18. The second-order valence-corrected chi connectivity index (χ2v) is 13.0. The van der Waals surface area contributed by atoms with Crippen LogP contribution in [0.2, 0.25) is 0 Å². The first kappa shape index (κ1) is 34.6. The number of aromatic carboxylic acids is 2. The van der Waals surface area contributed by atoms with Crippen LogP contribution in [0.15, 0.2) is 36.4 Å². The Morgan fingerprint density at radius 1 is 0.500 bits per heavy atom. The molecule has 0 aliphatic heterocycles. The second-order valence-electron chi connectivity index (χ2n) is 13.0. The molecule has 0 spiro atoms. The van der Waals surface area contributed by atoms with Gasteiger partial charge in [0.15, 0.2) is 0 Å². The van der Waals surface area contributed by atoms with E-state index in [1.807, 2.05) is 30.3 Å². The summed E-state index contributed by atoms with van der Waals surface area (Å²) in [5.41, 5.74) is 11.7. The van der Waals surface area contributed by atoms with E-state index in [1.165, 1.54) is 0 Å². The summed E-state index contributed by atoms with van der Waals surface area (Å²) in [5.74, 6) is -4.98. The molecule has 48 heavy (non-hydrogen) atoms. The molecule has 5 aromatic carbocycles. The van der Waals surface area contributed by atoms with Gasteiger partial charge in [-0.1, -0.05) is 114 Å². The molecule has 8 nitrogen and oxygen atoms in total. The van der Waals surface area contributed by atoms with Crippen LogP contribution in [-0.2, 0) is 12.8 Å². The molecule has 0 unspecified atom stereocenters. The van der Waals surface area contributed by atoms with Gasteiger partial charge in [0, 0.05) is 16.2 Å². The number of fused-ring (bicyclic) bond motifs is 2. The highest BCUT2D eigenvalue weighted by Gasteiger charge is 2.35. The van der Waals surface area contributed by atoms with Crippen molar-refractivity contribution in [1.29, 1.82) is 0 Å². The minimum absolute atomic E-state index is 0.0713. The fourth-order valence-corrected chi connectivity index (χ4v) is 7.84. The van der Waals surface area contributed by atoms with Gasteiger partial charge in [-0.2, -0.15) is 0 Å². The van der Waals surface area contributed by atoms with E-state index >= 15 is 0 Å². The molecule has 0 saturated heterocycles. The van der Waals surface area contributed by atoms with Crippen molar-refractivity contribution in [1.82, 2.24) is 0 Å². The summed E-state index contributed by atoms with van der Waals surface area (Å²) in [7, 11) is 0. The molecule has 0 aliphatic carbocycles. The minimum atomic E-state index is -1.54. The number of hydrogen-bond donors (Lipinski definition) is 4. The van der Waals surface area contributed by atoms with E-state index in [2.05, 4.69) is 13.8 Å². The van der Waals surface area contributed by atoms with Gasteiger partial charge in [0.25, 0.3) is 0 Å². The molecule has 8 heteroatoms. The van der Waals surface area contributed by atoms with Crippen LogP contribution in [0.3, 0.4) is 0 Å². The predicted octanol–water partition coefficient (Wildman–Crippen LogP) is 9.14. The first-order valence-corrected chi connectivity index (χ1v) is 17.5. The van der Waals surface area contributed by atoms with E-state index in [9.17, 15) is 29.4 Å². The Kier molecular flexibility index (Phi) is 10.8. The highest BCUT2D eigenvalue weighted by Crippen LogP contribution is 2.48. The second kappa shape index (κ2) is 15.0. The molecule has 0 fully saturated rings. The fourth-order valence-electron chi connectivity index (χ4n) is 7.84. The zero-order chi connectivity index (χ0) is 34.5. The lowest BCUT2D eigenvalue weighted by Crippen LogP contribution is -2.26. The van der Waals surface area contributed by atoms with Crippen LogP contribution in [0.1, 0.15) is 143 Å². The van der Waals surface area contributed by atoms with Crippen LogP contribution >= 0.6 is 0 Å². The lowest BCUT2D eigenvalue weighted by Gasteiger charge is -2.26. The molecule has 0 heterocycles. The summed E-state index contributed by atoms with van der Waals surface area (Å²) in [5, 5.41) is 26.1. The van der Waals surface area contributed by atoms with Crippen molar-refractivity contribution < 1.29 is 29.4 Å². The lowest BCUT2D eigenvalue weighted by molar-refractivity contribution is 0.0693. The Bertz CT molecular complexity index is 2020. The maximum absolute atomic E-state index is 13.4. The molecule has 252 valence electrons. The third-order valence-corrected chi connectivity index (χ3v) is 9.89. The zero-order valence-electron chi connectivity index (χ0n) is 28.0. The molecule has 0 radical (unpaired) electrons. The number of aryl methyl sites for hydroxylation is 1. The number of benzene rings is 5. The molecule has 0 atom stereocenters. The van der Waals surface area contributed by atoms with E-state index in [1.54, 1.807) is 6.07 Å². The third kappa shape index (κ3) is 6.28.